The molecule has 0 atom stereocenters. The molecule has 1 aromatic rings. The van der Waals surface area contributed by atoms with Gasteiger partial charge in [0.1, 0.15) is 0 Å². The SMILES string of the molecule is COC(=O)c1ccccc1CNCC1(SC)CC1. The zero-order valence-corrected chi connectivity index (χ0v) is 11.7. The topological polar surface area (TPSA) is 38.3 Å². The zero-order valence-electron chi connectivity index (χ0n) is 10.9. The third-order valence-corrected chi connectivity index (χ3v) is 4.84. The van der Waals surface area contributed by atoms with Crippen LogP contribution in [0.4, 0.5) is 0 Å². The highest BCUT2D eigenvalue weighted by molar-refractivity contribution is 8.00. The largest absolute Gasteiger partial charge is 0.465 e. The molecule has 0 unspecified atom stereocenters. The van der Waals surface area contributed by atoms with Crippen LogP contribution in [0.5, 0.6) is 0 Å². The Morgan fingerprint density at radius 2 is 2.17 bits per heavy atom. The summed E-state index contributed by atoms with van der Waals surface area (Å²) in [4.78, 5) is 11.6. The van der Waals surface area contributed by atoms with Gasteiger partial charge in [-0.15, -0.1) is 0 Å². The van der Waals surface area contributed by atoms with Gasteiger partial charge in [-0.25, -0.2) is 4.79 Å². The van der Waals surface area contributed by atoms with E-state index in [1.54, 1.807) is 0 Å². The molecule has 1 fully saturated rings. The second-order valence-corrected chi connectivity index (χ2v) is 5.91. The standard InChI is InChI=1S/C14H19NO2S/c1-17-13(16)12-6-4-3-5-11(12)9-15-10-14(18-2)7-8-14/h3-6,15H,7-10H2,1-2H3. The first-order valence-corrected chi connectivity index (χ1v) is 7.35. The molecule has 4 heteroatoms. The van der Waals surface area contributed by atoms with Crippen molar-refractivity contribution in [2.45, 2.75) is 24.1 Å². The Labute approximate surface area is 112 Å². The maximum atomic E-state index is 11.6. The number of hydrogen-bond donors (Lipinski definition) is 1. The molecule has 1 N–H and O–H groups in total. The van der Waals surface area contributed by atoms with Crippen LogP contribution in [-0.2, 0) is 11.3 Å². The van der Waals surface area contributed by atoms with E-state index in [2.05, 4.69) is 11.6 Å². The van der Waals surface area contributed by atoms with E-state index in [0.717, 1.165) is 12.1 Å². The average Bonchev–Trinajstić information content (AvgIpc) is 3.19. The second kappa shape index (κ2) is 5.76. The Hall–Kier alpha value is -1.00. The number of carbonyl (C=O) groups is 1. The number of esters is 1. The van der Waals surface area contributed by atoms with Crippen molar-refractivity contribution in [3.8, 4) is 0 Å². The van der Waals surface area contributed by atoms with Crippen molar-refractivity contribution in [2.75, 3.05) is 19.9 Å². The van der Waals surface area contributed by atoms with Crippen molar-refractivity contribution in [3.05, 3.63) is 35.4 Å². The molecule has 0 amide bonds. The van der Waals surface area contributed by atoms with Crippen LogP contribution >= 0.6 is 11.8 Å². The van der Waals surface area contributed by atoms with Gasteiger partial charge in [0.05, 0.1) is 12.7 Å². The average molecular weight is 265 g/mol. The van der Waals surface area contributed by atoms with Gasteiger partial charge in [-0.2, -0.15) is 11.8 Å². The van der Waals surface area contributed by atoms with Gasteiger partial charge in [0.2, 0.25) is 0 Å². The molecule has 0 bridgehead atoms. The molecule has 1 saturated carbocycles. The fourth-order valence-corrected chi connectivity index (χ4v) is 2.76. The van der Waals surface area contributed by atoms with Gasteiger partial charge in [0.15, 0.2) is 0 Å². The van der Waals surface area contributed by atoms with Gasteiger partial charge in [-0.1, -0.05) is 18.2 Å². The Kier molecular flexibility index (Phi) is 4.30. The number of carbonyl (C=O) groups excluding carboxylic acids is 1. The third kappa shape index (κ3) is 3.06. The van der Waals surface area contributed by atoms with E-state index in [0.29, 0.717) is 16.9 Å². The van der Waals surface area contributed by atoms with Crippen LogP contribution in [0.1, 0.15) is 28.8 Å². The molecule has 1 aromatic carbocycles. The Morgan fingerprint density at radius 3 is 2.78 bits per heavy atom. The summed E-state index contributed by atoms with van der Waals surface area (Å²) in [6.45, 7) is 1.72. The van der Waals surface area contributed by atoms with Gasteiger partial charge < -0.3 is 10.1 Å². The molecule has 98 valence electrons. The summed E-state index contributed by atoms with van der Waals surface area (Å²) in [6.07, 6.45) is 4.75. The van der Waals surface area contributed by atoms with Crippen LogP contribution in [0.25, 0.3) is 0 Å². The minimum atomic E-state index is -0.265. The summed E-state index contributed by atoms with van der Waals surface area (Å²) >= 11 is 1.93. The summed E-state index contributed by atoms with van der Waals surface area (Å²) < 4.78 is 5.23. The van der Waals surface area contributed by atoms with Crippen LogP contribution in [0.3, 0.4) is 0 Å². The minimum absolute atomic E-state index is 0.265. The highest BCUT2D eigenvalue weighted by Crippen LogP contribution is 2.46. The monoisotopic (exact) mass is 265 g/mol. The first kappa shape index (κ1) is 13.4. The lowest BCUT2D eigenvalue weighted by Crippen LogP contribution is -2.26. The summed E-state index contributed by atoms with van der Waals surface area (Å²) in [6, 6.07) is 7.59. The molecular formula is C14H19NO2S. The van der Waals surface area contributed by atoms with Crippen molar-refractivity contribution in [1.29, 1.82) is 0 Å². The quantitative estimate of drug-likeness (QED) is 0.802. The van der Waals surface area contributed by atoms with Gasteiger partial charge >= 0.3 is 5.97 Å². The van der Waals surface area contributed by atoms with Crippen LogP contribution in [-0.4, -0.2) is 30.6 Å². The molecule has 0 aromatic heterocycles. The smallest absolute Gasteiger partial charge is 0.338 e. The van der Waals surface area contributed by atoms with Crippen LogP contribution in [0.15, 0.2) is 24.3 Å². The molecule has 0 radical (unpaired) electrons. The third-order valence-electron chi connectivity index (χ3n) is 3.43. The summed E-state index contributed by atoms with van der Waals surface area (Å²) in [5.74, 6) is -0.265. The van der Waals surface area contributed by atoms with Gasteiger partial charge in [-0.3, -0.25) is 0 Å². The van der Waals surface area contributed by atoms with E-state index >= 15 is 0 Å². The number of ether oxygens (including phenoxy) is 1. The molecular weight excluding hydrogens is 246 g/mol. The number of thioether (sulfide) groups is 1. The van der Waals surface area contributed by atoms with Gasteiger partial charge in [0.25, 0.3) is 0 Å². The first-order chi connectivity index (χ1) is 8.71. The maximum absolute atomic E-state index is 11.6. The predicted molar refractivity (Wildman–Crippen MR) is 75.0 cm³/mol. The van der Waals surface area contributed by atoms with Gasteiger partial charge in [0, 0.05) is 17.8 Å². The lowest BCUT2D eigenvalue weighted by atomic mass is 10.1. The number of nitrogens with one attached hydrogen (secondary N) is 1. The normalized spacial score (nSPS) is 16.3. The van der Waals surface area contributed by atoms with Gasteiger partial charge in [-0.05, 0) is 30.7 Å². The zero-order chi connectivity index (χ0) is 13.0. The summed E-state index contributed by atoms with van der Waals surface area (Å²) in [7, 11) is 1.42. The number of hydrogen-bond acceptors (Lipinski definition) is 4. The Balaban J connectivity index is 1.94. The number of rotatable bonds is 6. The molecule has 2 rings (SSSR count). The molecule has 0 aliphatic heterocycles. The van der Waals surface area contributed by atoms with E-state index in [9.17, 15) is 4.79 Å². The molecule has 0 spiro atoms. The lowest BCUT2D eigenvalue weighted by molar-refractivity contribution is 0.0599. The number of benzene rings is 1. The highest BCUT2D eigenvalue weighted by Gasteiger charge is 2.41. The summed E-state index contributed by atoms with van der Waals surface area (Å²) in [5.41, 5.74) is 1.66. The molecule has 0 saturated heterocycles. The van der Waals surface area contributed by atoms with E-state index < -0.39 is 0 Å². The molecule has 1 aliphatic carbocycles. The molecule has 1 aliphatic rings. The van der Waals surface area contributed by atoms with Crippen molar-refractivity contribution in [1.82, 2.24) is 5.32 Å². The van der Waals surface area contributed by atoms with Crippen molar-refractivity contribution in [2.24, 2.45) is 0 Å². The Bertz CT molecular complexity index is 430. The first-order valence-electron chi connectivity index (χ1n) is 6.13. The van der Waals surface area contributed by atoms with Crippen LogP contribution in [0, 0.1) is 0 Å². The lowest BCUT2D eigenvalue weighted by Gasteiger charge is -2.14. The molecule has 3 nitrogen and oxygen atoms in total. The van der Waals surface area contributed by atoms with E-state index in [-0.39, 0.29) is 5.97 Å². The van der Waals surface area contributed by atoms with E-state index in [1.807, 2.05) is 36.0 Å². The Morgan fingerprint density at radius 1 is 1.44 bits per heavy atom. The van der Waals surface area contributed by atoms with Crippen LogP contribution in [0.2, 0.25) is 0 Å². The minimum Gasteiger partial charge on any atom is -0.465 e. The molecule has 0 heterocycles. The maximum Gasteiger partial charge on any atom is 0.338 e. The van der Waals surface area contributed by atoms with Crippen molar-refractivity contribution < 1.29 is 9.53 Å². The number of methoxy groups -OCH3 is 1. The highest BCUT2D eigenvalue weighted by atomic mass is 32.2. The predicted octanol–water partition coefficient (Wildman–Crippen LogP) is 2.46. The van der Waals surface area contributed by atoms with Crippen LogP contribution < -0.4 is 5.32 Å². The summed E-state index contributed by atoms with van der Waals surface area (Å²) in [5, 5.41) is 3.45. The fourth-order valence-electron chi connectivity index (χ4n) is 2.00. The van der Waals surface area contributed by atoms with E-state index in [4.69, 9.17) is 4.74 Å². The van der Waals surface area contributed by atoms with Crippen molar-refractivity contribution in [3.63, 3.8) is 0 Å². The fraction of sp³-hybridized carbons (Fsp3) is 0.500. The second-order valence-electron chi connectivity index (χ2n) is 4.64. The van der Waals surface area contributed by atoms with E-state index in [1.165, 1.54) is 20.0 Å². The van der Waals surface area contributed by atoms with Crippen molar-refractivity contribution >= 4 is 17.7 Å². The molecule has 18 heavy (non-hydrogen) atoms.